The first-order chi connectivity index (χ1) is 16.0. The molecule has 0 heterocycles. The lowest BCUT2D eigenvalue weighted by atomic mass is 10.4. The van der Waals surface area contributed by atoms with E-state index in [0.717, 1.165) is 0 Å². The monoisotopic (exact) mass is 478 g/mol. The molecule has 6 heteroatoms. The number of aliphatic hydroxyl groups is 4. The van der Waals surface area contributed by atoms with Gasteiger partial charge in [0, 0.05) is 0 Å². The maximum absolute atomic E-state index is 8.92. The van der Waals surface area contributed by atoms with Crippen molar-refractivity contribution in [2.45, 2.75) is 39.1 Å². The fourth-order valence-corrected chi connectivity index (χ4v) is 0.704. The molecule has 0 aromatic carbocycles. The fourth-order valence-electron chi connectivity index (χ4n) is 0.704. The minimum atomic E-state index is -0.447. The topological polar surface area (TPSA) is 99.4 Å². The van der Waals surface area contributed by atoms with Gasteiger partial charge in [0.25, 0.3) is 0 Å². The average molecular weight is 479 g/mol. The second-order valence-corrected chi connectivity index (χ2v) is 3.77. The zero-order valence-electron chi connectivity index (χ0n) is 22.2. The Labute approximate surface area is 207 Å². The molecule has 202 valence electrons. The Morgan fingerprint density at radius 2 is 0.727 bits per heavy atom. The van der Waals surface area contributed by atoms with Crippen molar-refractivity contribution < 1.29 is 29.9 Å². The number of hydrogen-bond donors (Lipinski definition) is 4. The van der Waals surface area contributed by atoms with Crippen LogP contribution in [0.4, 0.5) is 0 Å². The van der Waals surface area contributed by atoms with Crippen LogP contribution in [0, 0.1) is 0 Å². The predicted molar refractivity (Wildman–Crippen MR) is 154 cm³/mol. The molecule has 4 N–H and O–H groups in total. The van der Waals surface area contributed by atoms with Crippen LogP contribution >= 0.6 is 0 Å². The highest BCUT2D eigenvalue weighted by atomic mass is 16.5. The van der Waals surface area contributed by atoms with Crippen LogP contribution in [0.2, 0.25) is 0 Å². The third kappa shape index (κ3) is 199. The molecule has 0 saturated carbocycles. The minimum absolute atomic E-state index is 0.0170. The van der Waals surface area contributed by atoms with E-state index in [0.29, 0.717) is 13.2 Å². The molecule has 6 nitrogen and oxygen atoms in total. The van der Waals surface area contributed by atoms with E-state index in [4.69, 9.17) is 29.9 Å². The van der Waals surface area contributed by atoms with Gasteiger partial charge in [-0.2, -0.15) is 0 Å². The third-order valence-electron chi connectivity index (χ3n) is 1.59. The molecule has 0 aromatic rings. The van der Waals surface area contributed by atoms with Gasteiger partial charge in [-0.05, 0) is 20.8 Å². The largest absolute Gasteiger partial charge is 0.394 e. The van der Waals surface area contributed by atoms with Crippen LogP contribution in [0.5, 0.6) is 0 Å². The second kappa shape index (κ2) is 130. The van der Waals surface area contributed by atoms with Gasteiger partial charge >= 0.3 is 0 Å². The van der Waals surface area contributed by atoms with Crippen LogP contribution in [-0.4, -0.2) is 71.8 Å². The summed E-state index contributed by atoms with van der Waals surface area (Å²) in [4.78, 5) is 0. The summed E-state index contributed by atoms with van der Waals surface area (Å²) in [5, 5.41) is 32.8. The zero-order chi connectivity index (χ0) is 29.7. The fraction of sp³-hybridized carbons (Fsp3) is 0.407. The van der Waals surface area contributed by atoms with E-state index in [-0.39, 0.29) is 32.0 Å². The summed E-state index contributed by atoms with van der Waals surface area (Å²) in [6.45, 7) is 53.9. The summed E-state index contributed by atoms with van der Waals surface area (Å²) >= 11 is 0. The van der Waals surface area contributed by atoms with Gasteiger partial charge in [0.05, 0.1) is 51.3 Å². The third-order valence-corrected chi connectivity index (χ3v) is 1.59. The Kier molecular flexibility index (Phi) is 250. The van der Waals surface area contributed by atoms with Crippen LogP contribution < -0.4 is 0 Å². The molecular formula is C27H58O6. The van der Waals surface area contributed by atoms with Crippen molar-refractivity contribution in [3.05, 3.63) is 105 Å². The van der Waals surface area contributed by atoms with Gasteiger partial charge in [0.15, 0.2) is 0 Å². The number of ether oxygens (including phenoxy) is 2. The molecule has 0 spiro atoms. The van der Waals surface area contributed by atoms with Crippen LogP contribution in [-0.2, 0) is 9.47 Å². The Balaban J connectivity index is -0.0000000276. The van der Waals surface area contributed by atoms with E-state index >= 15 is 0 Å². The van der Waals surface area contributed by atoms with Crippen molar-refractivity contribution >= 4 is 0 Å². The van der Waals surface area contributed by atoms with Crippen molar-refractivity contribution in [2.24, 2.45) is 0 Å². The lowest BCUT2D eigenvalue weighted by Crippen LogP contribution is -2.24. The van der Waals surface area contributed by atoms with Crippen LogP contribution in [0.15, 0.2) is 105 Å². The summed E-state index contributed by atoms with van der Waals surface area (Å²) in [6, 6.07) is 0. The van der Waals surface area contributed by atoms with Gasteiger partial charge in [-0.3, -0.25) is 0 Å². The number of hydrogen-bond acceptors (Lipinski definition) is 6. The molecule has 0 radical (unpaired) electrons. The maximum atomic E-state index is 8.92. The Morgan fingerprint density at radius 1 is 0.485 bits per heavy atom. The van der Waals surface area contributed by atoms with Gasteiger partial charge in [-0.15, -0.1) is 105 Å². The second-order valence-electron chi connectivity index (χ2n) is 3.77. The van der Waals surface area contributed by atoms with Crippen molar-refractivity contribution in [1.82, 2.24) is 0 Å². The highest BCUT2D eigenvalue weighted by Gasteiger charge is 2.06. The molecule has 0 rings (SSSR count). The Hall–Kier alpha value is -2.32. The first-order valence-electron chi connectivity index (χ1n) is 9.71. The minimum Gasteiger partial charge on any atom is -0.394 e. The summed E-state index contributed by atoms with van der Waals surface area (Å²) in [5.74, 6) is 0. The quantitative estimate of drug-likeness (QED) is 0.341. The van der Waals surface area contributed by atoms with Gasteiger partial charge < -0.3 is 29.9 Å². The first kappa shape index (κ1) is 63.2. The molecule has 0 amide bonds. The standard InChI is InChI=1S/C9H20O4.C2H6O2.8C2H4/c1-7(11)5-12-9(3)6-13-8(2)4-10;3-1-2-4;8*1-2/h7-11H,4-6H2,1-3H3;3-4H,1-2H2;8*1-2H2. The van der Waals surface area contributed by atoms with Crippen molar-refractivity contribution in [3.8, 4) is 0 Å². The highest BCUT2D eigenvalue weighted by molar-refractivity contribution is 4.52. The molecule has 0 saturated heterocycles. The maximum Gasteiger partial charge on any atom is 0.0781 e. The van der Waals surface area contributed by atoms with E-state index in [1.165, 1.54) is 0 Å². The van der Waals surface area contributed by atoms with Gasteiger partial charge in [0.1, 0.15) is 0 Å². The number of aliphatic hydroxyl groups excluding tert-OH is 4. The molecule has 3 atom stereocenters. The summed E-state index contributed by atoms with van der Waals surface area (Å²) in [7, 11) is 0. The lowest BCUT2D eigenvalue weighted by molar-refractivity contribution is -0.0620. The van der Waals surface area contributed by atoms with Gasteiger partial charge in [0.2, 0.25) is 0 Å². The van der Waals surface area contributed by atoms with E-state index in [1.54, 1.807) is 13.8 Å². The van der Waals surface area contributed by atoms with E-state index in [1.807, 2.05) is 6.92 Å². The van der Waals surface area contributed by atoms with Crippen molar-refractivity contribution in [1.29, 1.82) is 0 Å². The predicted octanol–water partition coefficient (Wildman–Crippen LogP) is 5.56. The van der Waals surface area contributed by atoms with Gasteiger partial charge in [-0.1, -0.05) is 0 Å². The molecule has 33 heavy (non-hydrogen) atoms. The number of rotatable bonds is 8. The zero-order valence-corrected chi connectivity index (χ0v) is 22.2. The van der Waals surface area contributed by atoms with Crippen molar-refractivity contribution in [2.75, 3.05) is 33.0 Å². The van der Waals surface area contributed by atoms with E-state index in [2.05, 4.69) is 105 Å². The van der Waals surface area contributed by atoms with E-state index < -0.39 is 6.10 Å². The average Bonchev–Trinajstić information content (AvgIpc) is 2.95. The summed E-state index contributed by atoms with van der Waals surface area (Å²) in [6.07, 6.45) is -0.654. The van der Waals surface area contributed by atoms with Crippen LogP contribution in [0.3, 0.4) is 0 Å². The van der Waals surface area contributed by atoms with Crippen LogP contribution in [0.25, 0.3) is 0 Å². The van der Waals surface area contributed by atoms with E-state index in [9.17, 15) is 0 Å². The molecule has 0 bridgehead atoms. The summed E-state index contributed by atoms with van der Waals surface area (Å²) < 4.78 is 10.5. The molecule has 0 aliphatic rings. The Morgan fingerprint density at radius 3 is 0.909 bits per heavy atom. The molecule has 0 aliphatic carbocycles. The Bertz CT molecular complexity index is 215. The van der Waals surface area contributed by atoms with Crippen LogP contribution in [0.1, 0.15) is 20.8 Å². The smallest absolute Gasteiger partial charge is 0.0781 e. The lowest BCUT2D eigenvalue weighted by Gasteiger charge is -2.16. The molecule has 0 aromatic heterocycles. The normalized spacial score (nSPS) is 9.06. The van der Waals surface area contributed by atoms with Gasteiger partial charge in [-0.25, -0.2) is 0 Å². The first-order valence-corrected chi connectivity index (χ1v) is 9.71. The van der Waals surface area contributed by atoms with Crippen molar-refractivity contribution in [3.63, 3.8) is 0 Å². The molecule has 0 fully saturated rings. The molecular weight excluding hydrogens is 420 g/mol. The summed E-state index contributed by atoms with van der Waals surface area (Å²) in [5.41, 5.74) is 0. The SMILES string of the molecule is C=C.C=C.C=C.C=C.C=C.C=C.C=C.C=C.CC(O)COC(C)COC(C)CO.OCCO. The molecule has 3 unspecified atom stereocenters. The molecule has 0 aliphatic heterocycles. The highest BCUT2D eigenvalue weighted by Crippen LogP contribution is 1.97.